The van der Waals surface area contributed by atoms with Crippen LogP contribution < -0.4 is 25.0 Å². The van der Waals surface area contributed by atoms with Gasteiger partial charge in [0.15, 0.2) is 17.5 Å². The van der Waals surface area contributed by atoms with Crippen LogP contribution in [0.5, 0.6) is 11.5 Å². The van der Waals surface area contributed by atoms with Gasteiger partial charge in [0.25, 0.3) is 0 Å². The van der Waals surface area contributed by atoms with E-state index >= 15 is 0 Å². The first kappa shape index (κ1) is 23.8. The zero-order valence-electron chi connectivity index (χ0n) is 17.6. The van der Waals surface area contributed by atoms with Crippen LogP contribution in [0.1, 0.15) is 12.5 Å². The minimum absolute atomic E-state index is 0. The van der Waals surface area contributed by atoms with E-state index in [2.05, 4.69) is 21.7 Å². The summed E-state index contributed by atoms with van der Waals surface area (Å²) in [5, 5.41) is 6.28. The summed E-state index contributed by atoms with van der Waals surface area (Å²) in [6.45, 7) is 3.38. The number of ether oxygens (including phenoxy) is 2. The number of benzene rings is 2. The molecule has 162 valence electrons. The molecule has 0 bridgehead atoms. The number of fused-ring (bicyclic) bond motifs is 1. The number of methoxy groups -OCH3 is 1. The zero-order valence-corrected chi connectivity index (χ0v) is 19.9. The van der Waals surface area contributed by atoms with Crippen molar-refractivity contribution in [3.8, 4) is 11.5 Å². The van der Waals surface area contributed by atoms with Crippen molar-refractivity contribution in [3.63, 3.8) is 0 Å². The molecule has 2 aromatic carbocycles. The van der Waals surface area contributed by atoms with Crippen molar-refractivity contribution in [2.75, 3.05) is 38.7 Å². The van der Waals surface area contributed by atoms with Crippen LogP contribution in [0.15, 0.2) is 53.5 Å². The fraction of sp³-hybridized carbons (Fsp3) is 0.364. The van der Waals surface area contributed by atoms with Gasteiger partial charge in [-0.2, -0.15) is 0 Å². The lowest BCUT2D eigenvalue weighted by Crippen LogP contribution is -2.46. The summed E-state index contributed by atoms with van der Waals surface area (Å²) in [6.07, 6.45) is 0.776. The summed E-state index contributed by atoms with van der Waals surface area (Å²) in [7, 11) is 3.30. The summed E-state index contributed by atoms with van der Waals surface area (Å²) >= 11 is 0. The molecule has 3 rings (SSSR count). The van der Waals surface area contributed by atoms with Crippen molar-refractivity contribution < 1.29 is 14.3 Å². The van der Waals surface area contributed by atoms with Gasteiger partial charge in [-0.25, -0.2) is 0 Å². The number of nitrogens with zero attached hydrogens (tertiary/aromatic N) is 2. The first-order valence-electron chi connectivity index (χ1n) is 9.75. The van der Waals surface area contributed by atoms with Crippen molar-refractivity contribution >= 4 is 41.5 Å². The Morgan fingerprint density at radius 2 is 1.83 bits per heavy atom. The number of rotatable bonds is 7. The number of hydrogen-bond acceptors (Lipinski definition) is 4. The van der Waals surface area contributed by atoms with E-state index in [-0.39, 0.29) is 42.5 Å². The highest BCUT2D eigenvalue weighted by Gasteiger charge is 2.23. The van der Waals surface area contributed by atoms with E-state index in [4.69, 9.17) is 9.47 Å². The Morgan fingerprint density at radius 1 is 1.13 bits per heavy atom. The van der Waals surface area contributed by atoms with Gasteiger partial charge >= 0.3 is 0 Å². The molecule has 0 saturated carbocycles. The molecule has 8 heteroatoms. The zero-order chi connectivity index (χ0) is 20.6. The predicted octanol–water partition coefficient (Wildman–Crippen LogP) is 2.83. The van der Waals surface area contributed by atoms with E-state index in [1.165, 1.54) is 5.56 Å². The fourth-order valence-corrected chi connectivity index (χ4v) is 3.29. The average Bonchev–Trinajstić information content (AvgIpc) is 3.18. The second kappa shape index (κ2) is 11.6. The molecule has 2 aromatic rings. The number of hydrogen-bond donors (Lipinski definition) is 2. The number of carbonyl (C=O) groups excluding carboxylic acids is 1. The number of guanidine groups is 1. The van der Waals surface area contributed by atoms with Gasteiger partial charge in [-0.15, -0.1) is 24.0 Å². The summed E-state index contributed by atoms with van der Waals surface area (Å²) < 4.78 is 11.2. The molecule has 1 unspecified atom stereocenters. The van der Waals surface area contributed by atoms with Gasteiger partial charge in [-0.3, -0.25) is 9.79 Å². The minimum Gasteiger partial charge on any atom is -0.493 e. The topological polar surface area (TPSA) is 75.2 Å². The SMILES string of the molecule is CN=C(NCC(=O)N1CCc2ccccc21)NCC(C)Oc1ccccc1OC.I. The number of amides is 1. The fourth-order valence-electron chi connectivity index (χ4n) is 3.29. The van der Waals surface area contributed by atoms with Crippen LogP contribution in [0.2, 0.25) is 0 Å². The first-order valence-corrected chi connectivity index (χ1v) is 9.75. The van der Waals surface area contributed by atoms with Crippen LogP contribution in [0.3, 0.4) is 0 Å². The van der Waals surface area contributed by atoms with E-state index in [0.717, 1.165) is 18.7 Å². The molecule has 0 fully saturated rings. The van der Waals surface area contributed by atoms with Crippen LogP contribution in [0.4, 0.5) is 5.69 Å². The standard InChI is InChI=1S/C22H28N4O3.HI/c1-16(29-20-11-7-6-10-19(20)28-3)14-24-22(23-2)25-15-21(27)26-13-12-17-8-4-5-9-18(17)26;/h4-11,16H,12-15H2,1-3H3,(H2,23,24,25);1H. The van der Waals surface area contributed by atoms with Crippen LogP contribution in [-0.4, -0.2) is 51.8 Å². The number of aliphatic imine (C=N–C) groups is 1. The third-order valence-corrected chi connectivity index (χ3v) is 4.77. The van der Waals surface area contributed by atoms with Crippen molar-refractivity contribution in [2.24, 2.45) is 4.99 Å². The Balaban J connectivity index is 0.00000320. The van der Waals surface area contributed by atoms with Crippen molar-refractivity contribution in [3.05, 3.63) is 54.1 Å². The molecular formula is C22H29IN4O3. The highest BCUT2D eigenvalue weighted by molar-refractivity contribution is 14.0. The lowest BCUT2D eigenvalue weighted by Gasteiger charge is -2.20. The van der Waals surface area contributed by atoms with E-state index in [1.807, 2.05) is 54.3 Å². The molecule has 0 spiro atoms. The molecule has 1 aliphatic rings. The minimum atomic E-state index is -0.119. The van der Waals surface area contributed by atoms with Gasteiger partial charge in [0, 0.05) is 19.3 Å². The number of nitrogens with one attached hydrogen (secondary N) is 2. The van der Waals surface area contributed by atoms with E-state index in [9.17, 15) is 4.79 Å². The maximum absolute atomic E-state index is 12.6. The Kier molecular flexibility index (Phi) is 9.22. The Bertz CT molecular complexity index is 875. The lowest BCUT2D eigenvalue weighted by atomic mass is 10.2. The Morgan fingerprint density at radius 3 is 2.57 bits per heavy atom. The number of halogens is 1. The van der Waals surface area contributed by atoms with Crippen molar-refractivity contribution in [1.82, 2.24) is 10.6 Å². The summed E-state index contributed by atoms with van der Waals surface area (Å²) in [6, 6.07) is 15.6. The predicted molar refractivity (Wildman–Crippen MR) is 130 cm³/mol. The second-order valence-electron chi connectivity index (χ2n) is 6.81. The van der Waals surface area contributed by atoms with Gasteiger partial charge in [0.1, 0.15) is 6.10 Å². The average molecular weight is 524 g/mol. The Labute approximate surface area is 194 Å². The number of carbonyl (C=O) groups is 1. The molecule has 1 amide bonds. The van der Waals surface area contributed by atoms with Gasteiger partial charge < -0.3 is 25.0 Å². The molecule has 1 atom stereocenters. The van der Waals surface area contributed by atoms with Crippen molar-refractivity contribution in [1.29, 1.82) is 0 Å². The van der Waals surface area contributed by atoms with Gasteiger partial charge in [-0.05, 0) is 37.1 Å². The second-order valence-corrected chi connectivity index (χ2v) is 6.81. The lowest BCUT2D eigenvalue weighted by molar-refractivity contribution is -0.117. The summed E-state index contributed by atoms with van der Waals surface area (Å²) in [5.41, 5.74) is 2.21. The van der Waals surface area contributed by atoms with Crippen LogP contribution >= 0.6 is 24.0 Å². The first-order chi connectivity index (χ1) is 14.1. The number of anilines is 1. The van der Waals surface area contributed by atoms with Gasteiger partial charge in [0.05, 0.1) is 20.2 Å². The molecule has 1 aliphatic heterocycles. The molecule has 0 radical (unpaired) electrons. The molecule has 0 aromatic heterocycles. The normalized spacial score (nSPS) is 13.7. The van der Waals surface area contributed by atoms with E-state index in [1.54, 1.807) is 14.2 Å². The molecule has 0 aliphatic carbocycles. The highest BCUT2D eigenvalue weighted by atomic mass is 127. The monoisotopic (exact) mass is 524 g/mol. The van der Waals surface area contributed by atoms with E-state index < -0.39 is 0 Å². The van der Waals surface area contributed by atoms with Gasteiger partial charge in [-0.1, -0.05) is 30.3 Å². The molecular weight excluding hydrogens is 495 g/mol. The molecule has 7 nitrogen and oxygen atoms in total. The van der Waals surface area contributed by atoms with Gasteiger partial charge in [0.2, 0.25) is 5.91 Å². The van der Waals surface area contributed by atoms with Crippen LogP contribution in [0.25, 0.3) is 0 Å². The maximum Gasteiger partial charge on any atom is 0.246 e. The number of para-hydroxylation sites is 3. The smallest absolute Gasteiger partial charge is 0.246 e. The molecule has 30 heavy (non-hydrogen) atoms. The van der Waals surface area contributed by atoms with Crippen LogP contribution in [0, 0.1) is 0 Å². The third kappa shape index (κ3) is 6.01. The third-order valence-electron chi connectivity index (χ3n) is 4.77. The largest absolute Gasteiger partial charge is 0.493 e. The van der Waals surface area contributed by atoms with E-state index in [0.29, 0.717) is 24.0 Å². The maximum atomic E-state index is 12.6. The highest BCUT2D eigenvalue weighted by Crippen LogP contribution is 2.27. The summed E-state index contributed by atoms with van der Waals surface area (Å²) in [4.78, 5) is 18.6. The Hall–Kier alpha value is -2.49. The molecule has 1 heterocycles. The summed E-state index contributed by atoms with van der Waals surface area (Å²) in [5.74, 6) is 1.96. The van der Waals surface area contributed by atoms with Crippen LogP contribution in [-0.2, 0) is 11.2 Å². The molecule has 0 saturated heterocycles. The quantitative estimate of drug-likeness (QED) is 0.331. The molecule has 2 N–H and O–H groups in total. The van der Waals surface area contributed by atoms with Crippen molar-refractivity contribution in [2.45, 2.75) is 19.4 Å².